The van der Waals surface area contributed by atoms with Crippen LogP contribution in [0.1, 0.15) is 57.2 Å². The van der Waals surface area contributed by atoms with Crippen LogP contribution < -0.4 is 10.2 Å². The van der Waals surface area contributed by atoms with Crippen LogP contribution in [0.2, 0.25) is 0 Å². The molecule has 1 aliphatic rings. The summed E-state index contributed by atoms with van der Waals surface area (Å²) in [4.78, 5) is 22.2. The Bertz CT molecular complexity index is 1070. The molecule has 0 aliphatic carbocycles. The van der Waals surface area contributed by atoms with Gasteiger partial charge in [0.05, 0.1) is 5.69 Å². The van der Waals surface area contributed by atoms with E-state index < -0.39 is 0 Å². The van der Waals surface area contributed by atoms with Gasteiger partial charge in [0, 0.05) is 60.1 Å². The molecule has 0 bridgehead atoms. The quantitative estimate of drug-likeness (QED) is 0.563. The molecule has 2 N–H and O–H groups in total. The van der Waals surface area contributed by atoms with E-state index in [1.54, 1.807) is 0 Å². The topological polar surface area (TPSA) is 61.0 Å². The van der Waals surface area contributed by atoms with Crippen molar-refractivity contribution in [3.05, 3.63) is 47.8 Å². The number of H-pyrrole nitrogens is 1. The van der Waals surface area contributed by atoms with Gasteiger partial charge in [0.1, 0.15) is 0 Å². The van der Waals surface area contributed by atoms with Gasteiger partial charge in [0.25, 0.3) is 0 Å². The minimum atomic E-state index is 0.145. The van der Waals surface area contributed by atoms with E-state index >= 15 is 0 Å². The summed E-state index contributed by atoms with van der Waals surface area (Å²) in [5.74, 6) is 1.06. The highest BCUT2D eigenvalue weighted by Gasteiger charge is 2.22. The van der Waals surface area contributed by atoms with Crippen molar-refractivity contribution in [2.45, 2.75) is 52.9 Å². The Morgan fingerprint density at radius 1 is 1.29 bits per heavy atom. The number of pyridine rings is 1. The molecule has 5 heteroatoms. The van der Waals surface area contributed by atoms with Crippen LogP contribution in [0.3, 0.4) is 0 Å². The summed E-state index contributed by atoms with van der Waals surface area (Å²) in [6, 6.07) is 11.0. The number of aromatic nitrogens is 2. The first-order valence-electron chi connectivity index (χ1n) is 11.6. The molecule has 31 heavy (non-hydrogen) atoms. The first kappa shape index (κ1) is 21.4. The largest absolute Gasteiger partial charge is 0.371 e. The molecule has 1 unspecified atom stereocenters. The first-order chi connectivity index (χ1) is 15.0. The summed E-state index contributed by atoms with van der Waals surface area (Å²) in [5, 5.41) is 4.38. The summed E-state index contributed by atoms with van der Waals surface area (Å²) in [7, 11) is 0. The van der Waals surface area contributed by atoms with Gasteiger partial charge in [-0.1, -0.05) is 20.8 Å². The molecular formula is C26H34N4O. The number of fused-ring (bicyclic) bond motifs is 1. The van der Waals surface area contributed by atoms with Crippen LogP contribution in [0.4, 0.5) is 5.69 Å². The number of amides is 1. The molecule has 0 spiro atoms. The third kappa shape index (κ3) is 4.60. The highest BCUT2D eigenvalue weighted by Crippen LogP contribution is 2.37. The molecule has 2 aromatic heterocycles. The van der Waals surface area contributed by atoms with Crippen molar-refractivity contribution in [2.75, 3.05) is 24.5 Å². The van der Waals surface area contributed by atoms with E-state index in [-0.39, 0.29) is 5.91 Å². The molecule has 3 aromatic rings. The van der Waals surface area contributed by atoms with Gasteiger partial charge < -0.3 is 15.2 Å². The van der Waals surface area contributed by atoms with Gasteiger partial charge in [-0.15, -0.1) is 0 Å². The van der Waals surface area contributed by atoms with Crippen LogP contribution in [0.25, 0.3) is 22.2 Å². The van der Waals surface area contributed by atoms with Crippen LogP contribution in [-0.2, 0) is 4.79 Å². The maximum atomic E-state index is 11.7. The second-order valence-corrected chi connectivity index (χ2v) is 9.10. The summed E-state index contributed by atoms with van der Waals surface area (Å²) in [6.45, 7) is 11.3. The zero-order valence-corrected chi connectivity index (χ0v) is 19.2. The zero-order valence-electron chi connectivity index (χ0n) is 19.2. The van der Waals surface area contributed by atoms with Gasteiger partial charge in [-0.3, -0.25) is 9.78 Å². The average Bonchev–Trinajstić information content (AvgIpc) is 3.16. The predicted octanol–water partition coefficient (Wildman–Crippen LogP) is 5.40. The van der Waals surface area contributed by atoms with Crippen molar-refractivity contribution < 1.29 is 4.79 Å². The first-order valence-corrected chi connectivity index (χ1v) is 11.6. The van der Waals surface area contributed by atoms with E-state index in [1.165, 1.54) is 39.8 Å². The number of hydrogen-bond donors (Lipinski definition) is 2. The van der Waals surface area contributed by atoms with E-state index in [9.17, 15) is 4.79 Å². The van der Waals surface area contributed by atoms with E-state index in [0.717, 1.165) is 31.7 Å². The number of nitrogens with one attached hydrogen (secondary N) is 2. The van der Waals surface area contributed by atoms with Crippen molar-refractivity contribution in [1.82, 2.24) is 15.3 Å². The highest BCUT2D eigenvalue weighted by atomic mass is 16.1. The molecule has 0 radical (unpaired) electrons. The third-order valence-corrected chi connectivity index (χ3v) is 6.38. The number of hydrogen-bond acceptors (Lipinski definition) is 3. The maximum absolute atomic E-state index is 11.7. The number of rotatable bonds is 6. The van der Waals surface area contributed by atoms with Gasteiger partial charge in [0.15, 0.2) is 0 Å². The molecular weight excluding hydrogens is 384 g/mol. The van der Waals surface area contributed by atoms with Gasteiger partial charge >= 0.3 is 0 Å². The summed E-state index contributed by atoms with van der Waals surface area (Å²) >= 11 is 0. The molecule has 4 rings (SSSR count). The van der Waals surface area contributed by atoms with Crippen molar-refractivity contribution >= 4 is 22.5 Å². The summed E-state index contributed by atoms with van der Waals surface area (Å²) < 4.78 is 0. The SMILES string of the molecule is CCC(=O)NCC1CCCN(c2ccc3[nH]c(-c4ccnc(C)c4)c(C(C)C)c3c2)C1. The van der Waals surface area contributed by atoms with Crippen LogP contribution >= 0.6 is 0 Å². The van der Waals surface area contributed by atoms with Crippen LogP contribution in [0.15, 0.2) is 36.5 Å². The number of aryl methyl sites for hydroxylation is 1. The smallest absolute Gasteiger partial charge is 0.219 e. The Morgan fingerprint density at radius 3 is 2.87 bits per heavy atom. The molecule has 1 aliphatic heterocycles. The van der Waals surface area contributed by atoms with Gasteiger partial charge in [-0.2, -0.15) is 0 Å². The second-order valence-electron chi connectivity index (χ2n) is 9.10. The number of anilines is 1. The Morgan fingerprint density at radius 2 is 2.13 bits per heavy atom. The lowest BCUT2D eigenvalue weighted by Crippen LogP contribution is -2.40. The molecule has 1 atom stereocenters. The lowest BCUT2D eigenvalue weighted by atomic mass is 9.95. The fourth-order valence-corrected chi connectivity index (χ4v) is 4.78. The van der Waals surface area contributed by atoms with E-state index in [2.05, 4.69) is 64.4 Å². The summed E-state index contributed by atoms with van der Waals surface area (Å²) in [5.41, 5.74) is 7.25. The van der Waals surface area contributed by atoms with Gasteiger partial charge in [-0.05, 0) is 67.5 Å². The maximum Gasteiger partial charge on any atom is 0.219 e. The van der Waals surface area contributed by atoms with Crippen LogP contribution in [0.5, 0.6) is 0 Å². The Hall–Kier alpha value is -2.82. The molecule has 164 valence electrons. The van der Waals surface area contributed by atoms with Gasteiger partial charge in [0.2, 0.25) is 5.91 Å². The van der Waals surface area contributed by atoms with E-state index in [1.807, 2.05) is 20.0 Å². The second kappa shape index (κ2) is 9.13. The standard InChI is InChI=1S/C26H34N4O/c1-5-24(31)28-15-19-7-6-12-30(16-19)21-8-9-23-22(14-21)25(17(2)3)26(29-23)20-10-11-27-18(4)13-20/h8-11,13-14,17,19,29H,5-7,12,15-16H2,1-4H3,(H,28,31). The Labute approximate surface area is 185 Å². The van der Waals surface area contributed by atoms with E-state index in [4.69, 9.17) is 0 Å². The predicted molar refractivity (Wildman–Crippen MR) is 129 cm³/mol. The number of carbonyl (C=O) groups excluding carboxylic acids is 1. The Balaban J connectivity index is 1.64. The van der Waals surface area contributed by atoms with Gasteiger partial charge in [-0.25, -0.2) is 0 Å². The fourth-order valence-electron chi connectivity index (χ4n) is 4.78. The van der Waals surface area contributed by atoms with E-state index in [0.29, 0.717) is 18.3 Å². The minimum absolute atomic E-state index is 0.145. The summed E-state index contributed by atoms with van der Waals surface area (Å²) in [6.07, 6.45) is 4.78. The number of aromatic amines is 1. The number of carbonyl (C=O) groups is 1. The molecule has 5 nitrogen and oxygen atoms in total. The molecule has 0 saturated carbocycles. The molecule has 3 heterocycles. The number of benzene rings is 1. The van der Waals surface area contributed by atoms with Crippen molar-refractivity contribution in [3.63, 3.8) is 0 Å². The monoisotopic (exact) mass is 418 g/mol. The van der Waals surface area contributed by atoms with Crippen molar-refractivity contribution in [1.29, 1.82) is 0 Å². The Kier molecular flexibility index (Phi) is 6.30. The number of nitrogens with zero attached hydrogens (tertiary/aromatic N) is 2. The zero-order chi connectivity index (χ0) is 22.0. The lowest BCUT2D eigenvalue weighted by molar-refractivity contribution is -0.120. The molecule has 1 amide bonds. The van der Waals surface area contributed by atoms with Crippen LogP contribution in [-0.4, -0.2) is 35.5 Å². The normalized spacial score (nSPS) is 16.8. The van der Waals surface area contributed by atoms with Crippen LogP contribution in [0, 0.1) is 12.8 Å². The number of piperidine rings is 1. The average molecular weight is 419 g/mol. The van der Waals surface area contributed by atoms with Crippen molar-refractivity contribution in [3.8, 4) is 11.3 Å². The lowest BCUT2D eigenvalue weighted by Gasteiger charge is -2.34. The third-order valence-electron chi connectivity index (χ3n) is 6.38. The molecule has 1 fully saturated rings. The molecule has 1 saturated heterocycles. The highest BCUT2D eigenvalue weighted by molar-refractivity contribution is 5.93. The van der Waals surface area contributed by atoms with Crippen molar-refractivity contribution in [2.24, 2.45) is 5.92 Å². The minimum Gasteiger partial charge on any atom is -0.371 e. The fraction of sp³-hybridized carbons (Fsp3) is 0.462. The molecule has 1 aromatic carbocycles.